The second-order valence-corrected chi connectivity index (χ2v) is 6.91. The summed E-state index contributed by atoms with van der Waals surface area (Å²) >= 11 is 0. The minimum atomic E-state index is -4.77. The van der Waals surface area contributed by atoms with Gasteiger partial charge in [0.05, 0.1) is 17.9 Å². The average Bonchev–Trinajstić information content (AvgIpc) is 2.78. The van der Waals surface area contributed by atoms with Crippen LogP contribution in [0.3, 0.4) is 0 Å². The fourth-order valence-electron chi connectivity index (χ4n) is 2.90. The number of halogens is 8. The number of rotatable bonds is 9. The molecule has 1 saturated heterocycles. The predicted molar refractivity (Wildman–Crippen MR) is 103 cm³/mol. The van der Waals surface area contributed by atoms with Gasteiger partial charge in [0.2, 0.25) is 0 Å². The molecule has 0 saturated carbocycles. The maximum atomic E-state index is 13.2. The zero-order chi connectivity index (χ0) is 26.0. The largest absolute Gasteiger partial charge is 0.461 e. The number of alkyl halides is 8. The molecule has 1 fully saturated rings. The van der Waals surface area contributed by atoms with Crippen LogP contribution in [0.5, 0.6) is 11.5 Å². The number of nitrogens with one attached hydrogen (secondary N) is 1. The van der Waals surface area contributed by atoms with Crippen molar-refractivity contribution in [3.8, 4) is 11.5 Å². The number of hydrazine groups is 1. The van der Waals surface area contributed by atoms with Crippen LogP contribution in [0.1, 0.15) is 0 Å². The lowest BCUT2D eigenvalue weighted by Crippen LogP contribution is -2.57. The number of carbonyl (C=O) groups excluding carboxylic acids is 2. The molecule has 15 heteroatoms. The third kappa shape index (κ3) is 5.84. The number of nitrogens with zero attached hydrogens (tertiary/aromatic N) is 2. The van der Waals surface area contributed by atoms with Crippen LogP contribution in [0.4, 0.5) is 46.5 Å². The molecule has 7 nitrogen and oxygen atoms in total. The number of carbonyl (C=O) groups is 2. The van der Waals surface area contributed by atoms with Gasteiger partial charge in [-0.15, -0.1) is 0 Å². The first-order valence-corrected chi connectivity index (χ1v) is 9.61. The van der Waals surface area contributed by atoms with E-state index in [1.54, 1.807) is 0 Å². The van der Waals surface area contributed by atoms with Crippen molar-refractivity contribution in [2.24, 2.45) is 0 Å². The van der Waals surface area contributed by atoms with Crippen molar-refractivity contribution in [3.63, 3.8) is 0 Å². The van der Waals surface area contributed by atoms with Crippen molar-refractivity contribution in [1.29, 1.82) is 0 Å². The van der Waals surface area contributed by atoms with Gasteiger partial charge in [0.15, 0.2) is 0 Å². The quantitative estimate of drug-likeness (QED) is 0.403. The second kappa shape index (κ2) is 9.84. The van der Waals surface area contributed by atoms with E-state index in [9.17, 15) is 44.7 Å². The SMILES string of the molecule is O=C1NCCN(N(c2ccc(OC(F)(F)C(F)F)cc2)c2ccc(OC(F)(F)C(F)F)cc2)C1=O. The van der Waals surface area contributed by atoms with Gasteiger partial charge in [-0.25, -0.2) is 5.01 Å². The Bertz CT molecular complexity index is 986. The maximum Gasteiger partial charge on any atom is 0.461 e. The fraction of sp³-hybridized carbons (Fsp3) is 0.300. The molecule has 0 aliphatic carbocycles. The number of ether oxygens (including phenoxy) is 2. The van der Waals surface area contributed by atoms with Crippen LogP contribution in [0.15, 0.2) is 48.5 Å². The lowest BCUT2D eigenvalue weighted by molar-refractivity contribution is -0.253. The van der Waals surface area contributed by atoms with Crippen molar-refractivity contribution < 1.29 is 54.2 Å². The second-order valence-electron chi connectivity index (χ2n) is 6.91. The molecular weight excluding hydrogens is 498 g/mol. The van der Waals surface area contributed by atoms with Crippen LogP contribution in [0.25, 0.3) is 0 Å². The van der Waals surface area contributed by atoms with Crippen LogP contribution < -0.4 is 19.8 Å². The molecule has 1 heterocycles. The van der Waals surface area contributed by atoms with E-state index in [0.29, 0.717) is 0 Å². The topological polar surface area (TPSA) is 71.1 Å². The van der Waals surface area contributed by atoms with Crippen molar-refractivity contribution in [2.45, 2.75) is 25.1 Å². The molecule has 0 radical (unpaired) electrons. The van der Waals surface area contributed by atoms with Gasteiger partial charge >= 0.3 is 36.9 Å². The van der Waals surface area contributed by atoms with Gasteiger partial charge in [-0.1, -0.05) is 0 Å². The zero-order valence-corrected chi connectivity index (χ0v) is 17.2. The summed E-state index contributed by atoms with van der Waals surface area (Å²) in [6.45, 7) is -0.0569. The number of piperazine rings is 1. The molecule has 0 spiro atoms. The zero-order valence-electron chi connectivity index (χ0n) is 17.2. The summed E-state index contributed by atoms with van der Waals surface area (Å²) in [4.78, 5) is 24.3. The molecule has 2 aromatic carbocycles. The van der Waals surface area contributed by atoms with E-state index in [4.69, 9.17) is 0 Å². The van der Waals surface area contributed by atoms with E-state index in [1.165, 1.54) is 0 Å². The Morgan fingerprint density at radius 3 is 1.54 bits per heavy atom. The van der Waals surface area contributed by atoms with Gasteiger partial charge in [-0.3, -0.25) is 14.6 Å². The monoisotopic (exact) mass is 513 g/mol. The van der Waals surface area contributed by atoms with Gasteiger partial charge in [0.1, 0.15) is 11.5 Å². The molecule has 0 aromatic heterocycles. The third-order valence-electron chi connectivity index (χ3n) is 4.46. The van der Waals surface area contributed by atoms with Gasteiger partial charge in [-0.2, -0.15) is 35.1 Å². The van der Waals surface area contributed by atoms with E-state index in [0.717, 1.165) is 58.5 Å². The minimum absolute atomic E-state index is 0.0185. The summed E-state index contributed by atoms with van der Waals surface area (Å²) in [5.74, 6) is -3.29. The number of hydrogen-bond acceptors (Lipinski definition) is 5. The number of benzene rings is 2. The Morgan fingerprint density at radius 2 is 1.17 bits per heavy atom. The van der Waals surface area contributed by atoms with Crippen LogP contribution >= 0.6 is 0 Å². The Hall–Kier alpha value is -3.78. The molecule has 3 rings (SSSR count). The normalized spacial score (nSPS) is 14.9. The molecule has 2 amide bonds. The van der Waals surface area contributed by atoms with Crippen LogP contribution in [-0.2, 0) is 9.59 Å². The van der Waals surface area contributed by atoms with Gasteiger partial charge in [0, 0.05) is 6.54 Å². The van der Waals surface area contributed by atoms with Crippen molar-refractivity contribution in [3.05, 3.63) is 48.5 Å². The first-order chi connectivity index (χ1) is 16.3. The minimum Gasteiger partial charge on any atom is -0.428 e. The summed E-state index contributed by atoms with van der Waals surface area (Å²) < 4.78 is 110. The van der Waals surface area contributed by atoms with Crippen molar-refractivity contribution >= 4 is 23.2 Å². The highest BCUT2D eigenvalue weighted by atomic mass is 19.3. The highest BCUT2D eigenvalue weighted by Crippen LogP contribution is 2.34. The van der Waals surface area contributed by atoms with E-state index >= 15 is 0 Å². The lowest BCUT2D eigenvalue weighted by atomic mass is 10.2. The highest BCUT2D eigenvalue weighted by molar-refractivity contribution is 6.35. The maximum absolute atomic E-state index is 13.2. The molecule has 190 valence electrons. The highest BCUT2D eigenvalue weighted by Gasteiger charge is 2.45. The van der Waals surface area contributed by atoms with Gasteiger partial charge in [-0.05, 0) is 48.5 Å². The smallest absolute Gasteiger partial charge is 0.428 e. The van der Waals surface area contributed by atoms with Crippen LogP contribution in [0, 0.1) is 0 Å². The van der Waals surface area contributed by atoms with E-state index < -0.39 is 48.4 Å². The van der Waals surface area contributed by atoms with Crippen molar-refractivity contribution in [1.82, 2.24) is 10.3 Å². The Morgan fingerprint density at radius 1 is 0.771 bits per heavy atom. The Labute approximate surface area is 191 Å². The molecule has 1 aliphatic rings. The molecule has 35 heavy (non-hydrogen) atoms. The molecular formula is C20H15F8N3O4. The summed E-state index contributed by atoms with van der Waals surface area (Å²) in [5.41, 5.74) is 0.0969. The molecule has 0 bridgehead atoms. The molecule has 0 unspecified atom stereocenters. The Kier molecular flexibility index (Phi) is 7.26. The third-order valence-corrected chi connectivity index (χ3v) is 4.46. The van der Waals surface area contributed by atoms with Crippen molar-refractivity contribution in [2.75, 3.05) is 18.1 Å². The number of amides is 2. The fourth-order valence-corrected chi connectivity index (χ4v) is 2.90. The first-order valence-electron chi connectivity index (χ1n) is 9.61. The number of hydrogen-bond donors (Lipinski definition) is 1. The van der Waals surface area contributed by atoms with E-state index in [2.05, 4.69) is 14.8 Å². The van der Waals surface area contributed by atoms with Crippen LogP contribution in [-0.4, -0.2) is 55.0 Å². The summed E-state index contributed by atoms with van der Waals surface area (Å²) in [6, 6.07) is 8.00. The number of anilines is 2. The molecule has 0 atom stereocenters. The standard InChI is InChI=1S/C20H15F8N3O4/c21-17(22)19(25,26)34-13-5-1-11(2-6-13)31(30-10-9-29-15(32)16(30)33)12-3-7-14(8-4-12)35-20(27,28)18(23)24/h1-8,17-18H,9-10H2,(H,29,32). The van der Waals surface area contributed by atoms with Gasteiger partial charge in [0.25, 0.3) is 0 Å². The average molecular weight is 513 g/mol. The summed E-state index contributed by atoms with van der Waals surface area (Å²) in [6.07, 6.45) is -17.7. The summed E-state index contributed by atoms with van der Waals surface area (Å²) in [7, 11) is 0. The lowest BCUT2D eigenvalue weighted by Gasteiger charge is -2.38. The van der Waals surface area contributed by atoms with Gasteiger partial charge < -0.3 is 14.8 Å². The predicted octanol–water partition coefficient (Wildman–Crippen LogP) is 4.17. The molecule has 2 aromatic rings. The van der Waals surface area contributed by atoms with E-state index in [-0.39, 0.29) is 24.5 Å². The first kappa shape index (κ1) is 25.8. The van der Waals surface area contributed by atoms with E-state index in [1.807, 2.05) is 0 Å². The molecule has 1 aliphatic heterocycles. The Balaban J connectivity index is 1.94. The van der Waals surface area contributed by atoms with Crippen LogP contribution in [0.2, 0.25) is 0 Å². The summed E-state index contributed by atoms with van der Waals surface area (Å²) in [5, 5.41) is 4.34. The molecule has 1 N–H and O–H groups in total.